The zero-order chi connectivity index (χ0) is 9.42. The summed E-state index contributed by atoms with van der Waals surface area (Å²) in [6.07, 6.45) is -1.39. The summed E-state index contributed by atoms with van der Waals surface area (Å²) in [5, 5.41) is 18.0. The van der Waals surface area contributed by atoms with Crippen molar-refractivity contribution in [3.8, 4) is 0 Å². The van der Waals surface area contributed by atoms with E-state index in [0.717, 1.165) is 0 Å². The monoisotopic (exact) mass is 598 g/mol. The van der Waals surface area contributed by atoms with Crippen LogP contribution in [0.3, 0.4) is 0 Å². The van der Waals surface area contributed by atoms with Gasteiger partial charge in [-0.05, 0) is 0 Å². The topological polar surface area (TPSA) is 85.2 Å². The van der Waals surface area contributed by atoms with E-state index in [4.69, 9.17) is 21.1 Å². The van der Waals surface area contributed by atoms with E-state index in [0.29, 0.717) is 0 Å². The largest absolute Gasteiger partial charge is 2.00 e. The first-order valence-corrected chi connectivity index (χ1v) is 5.22. The molecule has 0 aromatic rings. The zero-order valence-electron chi connectivity index (χ0n) is 7.42. The van der Waals surface area contributed by atoms with Gasteiger partial charge < -0.3 is 0 Å². The van der Waals surface area contributed by atoms with Crippen LogP contribution in [0, 0.1) is 0 Å². The summed E-state index contributed by atoms with van der Waals surface area (Å²) in [4.78, 5) is 10.9. The molecule has 2 aliphatic rings. The Labute approximate surface area is 153 Å². The Hall–Kier alpha value is 1.82. The van der Waals surface area contributed by atoms with Crippen LogP contribution in [-0.2, 0) is 15.7 Å². The molecule has 0 bridgehead atoms. The molecule has 2 unspecified atom stereocenters. The van der Waals surface area contributed by atoms with Gasteiger partial charge in [0.05, 0.1) is 0 Å². The van der Waals surface area contributed by atoms with Gasteiger partial charge >= 0.3 is 156 Å². The number of halogens is 1. The van der Waals surface area contributed by atoms with Gasteiger partial charge in [-0.15, -0.1) is 0 Å². The molecule has 0 aliphatic carbocycles. The number of esters is 1. The molecular formula is C6H6BiIO6Sr+3. The van der Waals surface area contributed by atoms with Gasteiger partial charge in [0.15, 0.2) is 0 Å². The summed E-state index contributed by atoms with van der Waals surface area (Å²) < 4.78 is 14.8. The molecule has 0 amide bonds. The van der Waals surface area contributed by atoms with Crippen molar-refractivity contribution in [3.63, 3.8) is 0 Å². The van der Waals surface area contributed by atoms with Crippen LogP contribution in [0.2, 0.25) is 0 Å². The maximum absolute atomic E-state index is 10.9. The predicted molar refractivity (Wildman–Crippen MR) is 44.1 cm³/mol. The summed E-state index contributed by atoms with van der Waals surface area (Å²) in [6.45, 7) is -0.266. The fraction of sp³-hybridized carbons (Fsp3) is 0.500. The Bertz CT molecular complexity index is 285. The summed E-state index contributed by atoms with van der Waals surface area (Å²) in [5.74, 6) is -1.23. The van der Waals surface area contributed by atoms with Crippen molar-refractivity contribution in [2.75, 3.05) is 6.61 Å². The summed E-state index contributed by atoms with van der Waals surface area (Å²) in [6, 6.07) is 0. The van der Waals surface area contributed by atoms with Crippen molar-refractivity contribution in [3.05, 3.63) is 11.5 Å². The number of aliphatic hydroxyl groups is 2. The van der Waals surface area contributed by atoms with Gasteiger partial charge in [0, 0.05) is 0 Å². The van der Waals surface area contributed by atoms with E-state index in [-0.39, 0.29) is 84.1 Å². The summed E-state index contributed by atoms with van der Waals surface area (Å²) >= 11 is -1.02. The molecule has 2 aliphatic heterocycles. The van der Waals surface area contributed by atoms with Gasteiger partial charge in [0.2, 0.25) is 0 Å². The van der Waals surface area contributed by atoms with Gasteiger partial charge in [-0.3, -0.25) is 0 Å². The number of ether oxygens (including phenoxy) is 1. The van der Waals surface area contributed by atoms with Gasteiger partial charge in [0.25, 0.3) is 0 Å². The third kappa shape index (κ3) is 3.40. The molecule has 0 saturated carbocycles. The smallest absolute Gasteiger partial charge is 2.00 e. The minimum Gasteiger partial charge on any atom is 2.00 e. The second kappa shape index (κ2) is 7.30. The molecule has 1 fully saturated rings. The number of rotatable bonds is 1. The first-order valence-electron chi connectivity index (χ1n) is 3.46. The first-order chi connectivity index (χ1) is 6.24. The van der Waals surface area contributed by atoms with Gasteiger partial charge in [-0.25, -0.2) is 0 Å². The zero-order valence-corrected chi connectivity index (χ0v) is 16.5. The van der Waals surface area contributed by atoms with Crippen molar-refractivity contribution in [1.29, 1.82) is 0 Å². The average molecular weight is 598 g/mol. The van der Waals surface area contributed by atoms with E-state index < -0.39 is 46.0 Å². The molecule has 77 valence electrons. The second-order valence-corrected chi connectivity index (χ2v) is 3.80. The molecule has 6 nitrogen and oxygen atoms in total. The molecule has 0 spiro atoms. The fourth-order valence-electron chi connectivity index (χ4n) is 1.05. The number of aliphatic hydroxyl groups excluding tert-OH is 2. The van der Waals surface area contributed by atoms with Crippen molar-refractivity contribution >= 4 is 77.7 Å². The standard InChI is InChI=1S/C6H6IO6.Bi.Sr/c8-1-2-4-5(13-7-12-2)3(9)6(10)11-4;;/h2,4,8-9H,1H2;;/q-1;2*+2. The maximum atomic E-state index is 10.9. The second-order valence-electron chi connectivity index (χ2n) is 2.49. The molecule has 2 atom stereocenters. The minimum absolute atomic E-state index is 0. The predicted octanol–water partition coefficient (Wildman–Crippen LogP) is -4.75. The van der Waals surface area contributed by atoms with E-state index in [1.165, 1.54) is 0 Å². The van der Waals surface area contributed by atoms with Crippen LogP contribution in [0.5, 0.6) is 0 Å². The van der Waals surface area contributed by atoms with Crippen molar-refractivity contribution in [2.24, 2.45) is 0 Å². The molecule has 1 saturated heterocycles. The van der Waals surface area contributed by atoms with Crippen molar-refractivity contribution in [2.45, 2.75) is 12.2 Å². The molecule has 2 heterocycles. The molecule has 0 aromatic heterocycles. The normalized spacial score (nSPS) is 28.7. The van der Waals surface area contributed by atoms with Crippen molar-refractivity contribution < 1.29 is 47.9 Å². The molecule has 0 aromatic carbocycles. The van der Waals surface area contributed by atoms with Gasteiger partial charge in [-0.2, -0.15) is 0 Å². The third-order valence-corrected chi connectivity index (χ3v) is 3.22. The van der Waals surface area contributed by atoms with Crippen LogP contribution in [0.25, 0.3) is 0 Å². The maximum Gasteiger partial charge on any atom is 2.00 e. The molecule has 2 N–H and O–H groups in total. The van der Waals surface area contributed by atoms with Gasteiger partial charge in [-0.1, -0.05) is 0 Å². The number of hydrogen-bond donors (Lipinski definition) is 2. The van der Waals surface area contributed by atoms with Crippen LogP contribution in [0.1, 0.15) is 0 Å². The van der Waals surface area contributed by atoms with Crippen LogP contribution in [-0.4, -0.2) is 107 Å². The quantitative estimate of drug-likeness (QED) is 0.180. The van der Waals surface area contributed by atoms with Crippen LogP contribution in [0.4, 0.5) is 0 Å². The minimum atomic E-state index is -1.02. The van der Waals surface area contributed by atoms with E-state index in [1.807, 2.05) is 0 Å². The molecule has 2 rings (SSSR count). The fourth-order valence-corrected chi connectivity index (χ4v) is 2.51. The number of carbonyl (C=O) groups is 1. The summed E-state index contributed by atoms with van der Waals surface area (Å²) in [5.41, 5.74) is 0. The summed E-state index contributed by atoms with van der Waals surface area (Å²) in [7, 11) is 0. The molecule has 9 heteroatoms. The Morgan fingerprint density at radius 2 is 2.13 bits per heavy atom. The van der Waals surface area contributed by atoms with E-state index in [1.54, 1.807) is 0 Å². The van der Waals surface area contributed by atoms with E-state index >= 15 is 0 Å². The molecular weight excluding hydrogens is 592 g/mol. The Morgan fingerprint density at radius 3 is 2.73 bits per heavy atom. The van der Waals surface area contributed by atoms with Gasteiger partial charge in [0.1, 0.15) is 0 Å². The van der Waals surface area contributed by atoms with Crippen LogP contribution < -0.4 is 22.0 Å². The Kier molecular flexibility index (Phi) is 8.19. The van der Waals surface area contributed by atoms with Crippen molar-refractivity contribution in [1.82, 2.24) is 0 Å². The Balaban J connectivity index is 0.000000980. The van der Waals surface area contributed by atoms with E-state index in [9.17, 15) is 4.79 Å². The number of carbonyl (C=O) groups excluding carboxylic acids is 1. The van der Waals surface area contributed by atoms with E-state index in [2.05, 4.69) is 0 Å². The van der Waals surface area contributed by atoms with Crippen LogP contribution >= 0.6 is 0 Å². The Morgan fingerprint density at radius 1 is 1.47 bits per heavy atom. The average Bonchev–Trinajstić information content (AvgIpc) is 2.43. The number of fused-ring (bicyclic) bond motifs is 1. The van der Waals surface area contributed by atoms with Crippen LogP contribution in [0.15, 0.2) is 11.5 Å². The number of hydrogen-bond acceptors (Lipinski definition) is 6. The molecule has 3 radical (unpaired) electrons. The SMILES string of the molecule is O=C1OC2C(=C1O)O[I-]OC2CO.[Bi+2].[Sr+2]. The first kappa shape index (κ1) is 16.8. The molecule has 15 heavy (non-hydrogen) atoms. The third-order valence-electron chi connectivity index (χ3n) is 1.70.